The van der Waals surface area contributed by atoms with Crippen LogP contribution in [0.3, 0.4) is 0 Å². The van der Waals surface area contributed by atoms with Gasteiger partial charge in [-0.15, -0.1) is 0 Å². The lowest BCUT2D eigenvalue weighted by Gasteiger charge is -2.37. The number of hydrogen-bond acceptors (Lipinski definition) is 19. The summed E-state index contributed by atoms with van der Waals surface area (Å²) in [5.74, 6) is -0.0565. The molecule has 0 radical (unpaired) electrons. The summed E-state index contributed by atoms with van der Waals surface area (Å²) in [6.45, 7) is 8.19. The van der Waals surface area contributed by atoms with Crippen molar-refractivity contribution in [1.82, 2.24) is 42.5 Å². The number of ether oxygens (including phenoxy) is 1. The minimum Gasteiger partial charge on any atom is -0.385 e. The van der Waals surface area contributed by atoms with Gasteiger partial charge in [-0.2, -0.15) is 12.9 Å². The number of aromatic nitrogens is 4. The molecule has 4 aromatic heterocycles. The molecule has 5 aromatic rings. The number of methoxy groups -OCH3 is 1. The van der Waals surface area contributed by atoms with E-state index in [1.165, 1.54) is 20.7 Å². The van der Waals surface area contributed by atoms with Crippen LogP contribution in [0.2, 0.25) is 0 Å². The third-order valence-electron chi connectivity index (χ3n) is 16.0. The molecule has 0 spiro atoms. The smallest absolute Gasteiger partial charge is 0.261 e. The number of benzene rings is 1. The van der Waals surface area contributed by atoms with E-state index in [2.05, 4.69) is 49.5 Å². The fourth-order valence-electron chi connectivity index (χ4n) is 10.9. The van der Waals surface area contributed by atoms with Gasteiger partial charge in [-0.05, 0) is 125 Å². The Morgan fingerprint density at radius 1 is 0.624 bits per heavy atom. The van der Waals surface area contributed by atoms with Gasteiger partial charge in [0, 0.05) is 106 Å². The molecule has 3 fully saturated rings. The molecule has 3 saturated heterocycles. The molecule has 0 amide bonds. The number of fused-ring (bicyclic) bond motifs is 4. The van der Waals surface area contributed by atoms with Gasteiger partial charge < -0.3 is 14.7 Å². The van der Waals surface area contributed by atoms with E-state index in [0.29, 0.717) is 97.9 Å². The molecule has 0 aliphatic carbocycles. The minimum atomic E-state index is -3.74. The molecule has 2 atom stereocenters. The van der Waals surface area contributed by atoms with Crippen molar-refractivity contribution in [3.63, 3.8) is 0 Å². The second-order valence-electron chi connectivity index (χ2n) is 21.8. The van der Waals surface area contributed by atoms with Crippen molar-refractivity contribution in [3.05, 3.63) is 154 Å². The molecule has 0 unspecified atom stereocenters. The predicted octanol–water partition coefficient (Wildman–Crippen LogP) is 4.58. The molecule has 1 aromatic carbocycles. The Bertz CT molecular complexity index is 3820. The number of aliphatic imine (C=N–C) groups is 4. The van der Waals surface area contributed by atoms with Gasteiger partial charge in [-0.25, -0.2) is 42.8 Å². The van der Waals surface area contributed by atoms with Crippen LogP contribution >= 0.6 is 0 Å². The summed E-state index contributed by atoms with van der Waals surface area (Å²) in [6, 6.07) is 20.0. The first-order valence-corrected chi connectivity index (χ1v) is 34.0. The van der Waals surface area contributed by atoms with Crippen LogP contribution in [0.15, 0.2) is 118 Å². The van der Waals surface area contributed by atoms with Gasteiger partial charge in [-0.1, -0.05) is 32.4 Å². The molecule has 0 bridgehead atoms. The normalized spacial score (nSPS) is 20.0. The molecule has 28 heteroatoms. The summed E-state index contributed by atoms with van der Waals surface area (Å²) < 4.78 is 127. The first kappa shape index (κ1) is 63.5. The van der Waals surface area contributed by atoms with Crippen LogP contribution in [-0.4, -0.2) is 176 Å². The van der Waals surface area contributed by atoms with Gasteiger partial charge in [0.25, 0.3) is 40.1 Å². The first-order chi connectivity index (χ1) is 40.6. The summed E-state index contributed by atoms with van der Waals surface area (Å²) >= 11 is 0. The van der Waals surface area contributed by atoms with E-state index in [4.69, 9.17) is 4.74 Å². The molecule has 2 N–H and O–H groups in total. The lowest BCUT2D eigenvalue weighted by atomic mass is 9.85. The number of pyridine rings is 4. The number of aliphatic hydroxyl groups is 1. The van der Waals surface area contributed by atoms with Crippen molar-refractivity contribution in [2.45, 2.75) is 103 Å². The Labute approximate surface area is 497 Å². The zero-order valence-corrected chi connectivity index (χ0v) is 51.5. The predicted molar refractivity (Wildman–Crippen MR) is 322 cm³/mol. The number of hydrogen-bond donors (Lipinski definition) is 2. The highest BCUT2D eigenvalue weighted by Gasteiger charge is 2.43. The van der Waals surface area contributed by atoms with Crippen LogP contribution in [-0.2, 0) is 76.6 Å². The largest absolute Gasteiger partial charge is 0.385 e. The van der Waals surface area contributed by atoms with E-state index in [1.54, 1.807) is 96.9 Å². The highest BCUT2D eigenvalue weighted by Crippen LogP contribution is 2.35. The van der Waals surface area contributed by atoms with Crippen molar-refractivity contribution in [2.75, 3.05) is 67.1 Å². The maximum Gasteiger partial charge on any atom is 0.261 e. The summed E-state index contributed by atoms with van der Waals surface area (Å²) in [5, 5.41) is 11.4. The molecule has 7 aliphatic rings. The number of piperidine rings is 2. The Morgan fingerprint density at radius 3 is 1.48 bits per heavy atom. The molecule has 11 heterocycles. The van der Waals surface area contributed by atoms with E-state index < -0.39 is 45.7 Å². The van der Waals surface area contributed by atoms with Crippen LogP contribution in [0, 0.1) is 11.7 Å². The number of nitrogens with zero attached hydrogens (tertiary/aromatic N) is 12. The Hall–Kier alpha value is -6.05. The lowest BCUT2D eigenvalue weighted by Crippen LogP contribution is -2.47. The zero-order valence-electron chi connectivity index (χ0n) is 48.2. The molecule has 85 heavy (non-hydrogen) atoms. The number of sulfonamides is 4. The number of rotatable bonds is 11. The van der Waals surface area contributed by atoms with Crippen molar-refractivity contribution in [1.29, 1.82) is 0 Å². The topological polar surface area (TPSA) is 292 Å². The summed E-state index contributed by atoms with van der Waals surface area (Å²) in [5.41, 5.74) is 4.77. The fraction of sp³-hybridized carbons (Fsp3) is 0.474. The molecule has 456 valence electrons. The van der Waals surface area contributed by atoms with E-state index in [9.17, 15) is 43.2 Å². The zero-order chi connectivity index (χ0) is 60.7. The fourth-order valence-corrected chi connectivity index (χ4v) is 17.3. The Morgan fingerprint density at radius 2 is 1.05 bits per heavy atom. The van der Waals surface area contributed by atoms with Crippen molar-refractivity contribution < 1.29 is 47.9 Å². The SMILES string of the molecule is CC[C@H](C)CNS(=O)(=O)C1=NCc2ncccc21.CN(C)C1CCN(S(=O)(=O)C2=NCc3ncccc32)CC1.COC[C@H]1CCCN1S(=O)(=O)C1=NCc2ncccc21.O=S(=O)(C1=NCc2ncccc21)N1CCC(O)(c2ccc(F)cc2)CC1. The molecular formula is C57H72FN13O10S4. The third-order valence-corrected chi connectivity index (χ3v) is 23.1. The third kappa shape index (κ3) is 14.0. The number of halogens is 1. The van der Waals surface area contributed by atoms with Crippen LogP contribution < -0.4 is 4.72 Å². The molecule has 0 saturated carbocycles. The molecule has 23 nitrogen and oxygen atoms in total. The highest BCUT2D eigenvalue weighted by molar-refractivity contribution is 8.06. The standard InChI is InChI=1S/C18H18FN3O3S.C14H20N4O2S.C13H17N3O3S.C12H17N3O2S/c19-14-5-3-13(4-6-14)18(23)7-10-22(11-8-18)26(24,25)17-15-2-1-9-20-16(15)12-21-17;1-17(2)11-5-8-18(9-6-11)21(19,20)14-12-4-3-7-15-13(12)10-16-14;1-19-9-10-4-3-7-16(10)20(17,18)13-11-5-2-6-14-12(11)8-15-13;1-3-9(2)7-15-18(16,17)12-10-5-4-6-13-11(10)8-14-12/h1-6,9,23H,7-8,10-12H2;3-4,7,11H,5-6,8-10H2,1-2H3;2,5-6,10H,3-4,7-9H2,1H3;4-6,9,15H,3,7-8H2,1-2H3/t;;10-;9-/m..10/s1. The van der Waals surface area contributed by atoms with E-state index in [-0.39, 0.29) is 64.5 Å². The van der Waals surface area contributed by atoms with Gasteiger partial charge in [0.05, 0.1) is 61.2 Å². The van der Waals surface area contributed by atoms with Gasteiger partial charge >= 0.3 is 0 Å². The van der Waals surface area contributed by atoms with Crippen molar-refractivity contribution >= 4 is 60.3 Å². The second kappa shape index (κ2) is 26.9. The van der Waals surface area contributed by atoms with Gasteiger partial charge in [0.1, 0.15) is 5.82 Å². The van der Waals surface area contributed by atoms with Crippen molar-refractivity contribution in [2.24, 2.45) is 25.9 Å². The summed E-state index contributed by atoms with van der Waals surface area (Å²) in [6.07, 6.45) is 11.4. The van der Waals surface area contributed by atoms with E-state index >= 15 is 0 Å². The Balaban J connectivity index is 0.000000137. The van der Waals surface area contributed by atoms with Crippen molar-refractivity contribution in [3.8, 4) is 0 Å². The van der Waals surface area contributed by atoms with Gasteiger partial charge in [-0.3, -0.25) is 39.9 Å². The van der Waals surface area contributed by atoms with E-state index in [0.717, 1.165) is 49.2 Å². The average Bonchev–Trinajstić information content (AvgIpc) is 4.29. The Kier molecular flexibility index (Phi) is 20.1. The van der Waals surface area contributed by atoms with Crippen LogP contribution in [0.1, 0.15) is 109 Å². The maximum absolute atomic E-state index is 13.1. The van der Waals surface area contributed by atoms with Gasteiger partial charge in [0.2, 0.25) is 0 Å². The maximum atomic E-state index is 13.1. The highest BCUT2D eigenvalue weighted by atomic mass is 32.2. The van der Waals surface area contributed by atoms with E-state index in [1.807, 2.05) is 27.9 Å². The second-order valence-corrected chi connectivity index (χ2v) is 28.9. The quantitative estimate of drug-likeness (QED) is 0.183. The molecular weight excluding hydrogens is 1170 g/mol. The molecule has 7 aliphatic heterocycles. The first-order valence-electron chi connectivity index (χ1n) is 28.2. The van der Waals surface area contributed by atoms with Crippen LogP contribution in [0.4, 0.5) is 4.39 Å². The summed E-state index contributed by atoms with van der Waals surface area (Å²) in [7, 11) is -8.65. The monoisotopic (exact) mass is 1250 g/mol. The lowest BCUT2D eigenvalue weighted by molar-refractivity contribution is -0.00937. The summed E-state index contributed by atoms with van der Waals surface area (Å²) in [4.78, 5) is 35.5. The number of nitrogens with one attached hydrogen (secondary N) is 1. The average molecular weight is 1250 g/mol. The van der Waals surface area contributed by atoms with Crippen LogP contribution in [0.25, 0.3) is 0 Å². The molecule has 12 rings (SSSR count). The van der Waals surface area contributed by atoms with Crippen LogP contribution in [0.5, 0.6) is 0 Å². The minimum absolute atomic E-state index is 0.0489. The van der Waals surface area contributed by atoms with Gasteiger partial charge in [0.15, 0.2) is 20.2 Å².